The van der Waals surface area contributed by atoms with Crippen LogP contribution in [0.25, 0.3) is 0 Å². The maximum atomic E-state index is 13.8. The molecule has 0 saturated heterocycles. The van der Waals surface area contributed by atoms with E-state index in [0.717, 1.165) is 31.2 Å². The zero-order chi connectivity index (χ0) is 12.5. The number of halogens is 1. The summed E-state index contributed by atoms with van der Waals surface area (Å²) in [6.45, 7) is 1.93. The van der Waals surface area contributed by atoms with Gasteiger partial charge in [-0.05, 0) is 49.8 Å². The Balaban J connectivity index is 2.14. The standard InChI is InChI=1S/C14H20FNO/c1-3-11-12(15)8-10(9-13(11)17-2)4-5-14(16)6-7-14/h8-9H,3-7,16H2,1-2H3. The number of benzene rings is 1. The molecule has 17 heavy (non-hydrogen) atoms. The summed E-state index contributed by atoms with van der Waals surface area (Å²) in [5, 5.41) is 0. The van der Waals surface area contributed by atoms with Gasteiger partial charge in [0.05, 0.1) is 7.11 Å². The molecule has 0 spiro atoms. The summed E-state index contributed by atoms with van der Waals surface area (Å²) in [6, 6.07) is 3.56. The molecule has 1 fully saturated rings. The number of nitrogens with two attached hydrogens (primary N) is 1. The van der Waals surface area contributed by atoms with Crippen LogP contribution in [0.15, 0.2) is 12.1 Å². The Morgan fingerprint density at radius 3 is 2.65 bits per heavy atom. The first-order valence-electron chi connectivity index (χ1n) is 6.22. The first kappa shape index (κ1) is 12.4. The van der Waals surface area contributed by atoms with E-state index in [1.807, 2.05) is 13.0 Å². The lowest BCUT2D eigenvalue weighted by molar-refractivity contribution is 0.404. The normalized spacial score (nSPS) is 16.9. The molecule has 1 aliphatic carbocycles. The highest BCUT2D eigenvalue weighted by molar-refractivity contribution is 5.39. The average Bonchev–Trinajstić information content (AvgIpc) is 3.04. The number of methoxy groups -OCH3 is 1. The van der Waals surface area contributed by atoms with E-state index < -0.39 is 0 Å². The van der Waals surface area contributed by atoms with Gasteiger partial charge in [-0.3, -0.25) is 0 Å². The van der Waals surface area contributed by atoms with E-state index in [2.05, 4.69) is 0 Å². The smallest absolute Gasteiger partial charge is 0.130 e. The molecule has 3 heteroatoms. The topological polar surface area (TPSA) is 35.2 Å². The summed E-state index contributed by atoms with van der Waals surface area (Å²) < 4.78 is 19.1. The first-order valence-corrected chi connectivity index (χ1v) is 6.22. The molecule has 1 aromatic carbocycles. The quantitative estimate of drug-likeness (QED) is 0.854. The monoisotopic (exact) mass is 237 g/mol. The Morgan fingerprint density at radius 1 is 1.41 bits per heavy atom. The third kappa shape index (κ3) is 2.78. The van der Waals surface area contributed by atoms with E-state index in [0.29, 0.717) is 17.7 Å². The molecule has 2 rings (SSSR count). The predicted octanol–water partition coefficient (Wildman–Crippen LogP) is 2.82. The van der Waals surface area contributed by atoms with Crippen LogP contribution in [-0.2, 0) is 12.8 Å². The highest BCUT2D eigenvalue weighted by Crippen LogP contribution is 2.37. The van der Waals surface area contributed by atoms with Gasteiger partial charge in [0.25, 0.3) is 0 Å². The van der Waals surface area contributed by atoms with Crippen LogP contribution in [0.3, 0.4) is 0 Å². The Hall–Kier alpha value is -1.09. The lowest BCUT2D eigenvalue weighted by Gasteiger charge is -2.12. The SMILES string of the molecule is CCc1c(F)cc(CCC2(N)CC2)cc1OC. The van der Waals surface area contributed by atoms with Gasteiger partial charge < -0.3 is 10.5 Å². The van der Waals surface area contributed by atoms with Crippen LogP contribution in [0.1, 0.15) is 37.3 Å². The summed E-state index contributed by atoms with van der Waals surface area (Å²) in [6.07, 6.45) is 4.60. The second-order valence-electron chi connectivity index (χ2n) is 4.97. The second kappa shape index (κ2) is 4.65. The Bertz CT molecular complexity index is 413. The Kier molecular flexibility index (Phi) is 3.38. The number of aryl methyl sites for hydroxylation is 1. The molecule has 1 aliphatic rings. The van der Waals surface area contributed by atoms with Crippen LogP contribution >= 0.6 is 0 Å². The molecule has 0 amide bonds. The highest BCUT2D eigenvalue weighted by Gasteiger charge is 2.37. The van der Waals surface area contributed by atoms with Crippen molar-refractivity contribution >= 4 is 0 Å². The third-order valence-corrected chi connectivity index (χ3v) is 3.59. The van der Waals surface area contributed by atoms with Crippen LogP contribution in [0.4, 0.5) is 4.39 Å². The minimum Gasteiger partial charge on any atom is -0.496 e. The van der Waals surface area contributed by atoms with Crippen molar-refractivity contribution in [2.45, 2.75) is 44.6 Å². The van der Waals surface area contributed by atoms with Gasteiger partial charge in [0, 0.05) is 11.1 Å². The van der Waals surface area contributed by atoms with Gasteiger partial charge in [-0.25, -0.2) is 4.39 Å². The third-order valence-electron chi connectivity index (χ3n) is 3.59. The largest absolute Gasteiger partial charge is 0.496 e. The van der Waals surface area contributed by atoms with E-state index in [-0.39, 0.29) is 11.4 Å². The van der Waals surface area contributed by atoms with E-state index in [1.54, 1.807) is 13.2 Å². The van der Waals surface area contributed by atoms with Crippen molar-refractivity contribution in [1.82, 2.24) is 0 Å². The van der Waals surface area contributed by atoms with Crippen molar-refractivity contribution in [2.75, 3.05) is 7.11 Å². The van der Waals surface area contributed by atoms with Crippen LogP contribution in [0.2, 0.25) is 0 Å². The number of hydrogen-bond acceptors (Lipinski definition) is 2. The molecule has 1 saturated carbocycles. The first-order chi connectivity index (χ1) is 8.08. The molecule has 0 aromatic heterocycles. The van der Waals surface area contributed by atoms with Gasteiger partial charge in [0.15, 0.2) is 0 Å². The number of ether oxygens (including phenoxy) is 1. The fourth-order valence-corrected chi connectivity index (χ4v) is 2.14. The molecular formula is C14H20FNO. The van der Waals surface area contributed by atoms with E-state index in [9.17, 15) is 4.39 Å². The average molecular weight is 237 g/mol. The van der Waals surface area contributed by atoms with Gasteiger partial charge in [-0.1, -0.05) is 6.92 Å². The van der Waals surface area contributed by atoms with E-state index in [4.69, 9.17) is 10.5 Å². The Morgan fingerprint density at radius 2 is 2.12 bits per heavy atom. The van der Waals surface area contributed by atoms with Crippen molar-refractivity contribution in [2.24, 2.45) is 5.73 Å². The van der Waals surface area contributed by atoms with Crippen molar-refractivity contribution < 1.29 is 9.13 Å². The minimum absolute atomic E-state index is 0.0210. The molecular weight excluding hydrogens is 217 g/mol. The molecule has 0 unspecified atom stereocenters. The minimum atomic E-state index is -0.163. The molecule has 0 radical (unpaired) electrons. The van der Waals surface area contributed by atoms with Crippen LogP contribution in [0, 0.1) is 5.82 Å². The fraction of sp³-hybridized carbons (Fsp3) is 0.571. The van der Waals surface area contributed by atoms with Gasteiger partial charge in [-0.15, -0.1) is 0 Å². The zero-order valence-corrected chi connectivity index (χ0v) is 10.6. The molecule has 0 heterocycles. The highest BCUT2D eigenvalue weighted by atomic mass is 19.1. The molecule has 0 aliphatic heterocycles. The van der Waals surface area contributed by atoms with E-state index >= 15 is 0 Å². The molecule has 94 valence electrons. The summed E-state index contributed by atoms with van der Waals surface area (Å²) in [7, 11) is 1.59. The molecule has 0 atom stereocenters. The van der Waals surface area contributed by atoms with Crippen molar-refractivity contribution in [3.63, 3.8) is 0 Å². The van der Waals surface area contributed by atoms with Crippen molar-refractivity contribution in [1.29, 1.82) is 0 Å². The maximum Gasteiger partial charge on any atom is 0.130 e. The molecule has 1 aromatic rings. The van der Waals surface area contributed by atoms with Gasteiger partial charge in [-0.2, -0.15) is 0 Å². The predicted molar refractivity (Wildman–Crippen MR) is 66.8 cm³/mol. The number of hydrogen-bond donors (Lipinski definition) is 1. The van der Waals surface area contributed by atoms with Gasteiger partial charge >= 0.3 is 0 Å². The molecule has 2 nitrogen and oxygen atoms in total. The molecule has 0 bridgehead atoms. The van der Waals surface area contributed by atoms with Gasteiger partial charge in [0.2, 0.25) is 0 Å². The zero-order valence-electron chi connectivity index (χ0n) is 10.6. The van der Waals surface area contributed by atoms with Crippen molar-refractivity contribution in [3.8, 4) is 5.75 Å². The van der Waals surface area contributed by atoms with Crippen LogP contribution < -0.4 is 10.5 Å². The second-order valence-corrected chi connectivity index (χ2v) is 4.97. The fourth-order valence-electron chi connectivity index (χ4n) is 2.14. The summed E-state index contributed by atoms with van der Waals surface area (Å²) in [4.78, 5) is 0. The summed E-state index contributed by atoms with van der Waals surface area (Å²) in [5.74, 6) is 0.494. The molecule has 2 N–H and O–H groups in total. The lowest BCUT2D eigenvalue weighted by atomic mass is 10.0. The number of rotatable bonds is 5. The lowest BCUT2D eigenvalue weighted by Crippen LogP contribution is -2.22. The summed E-state index contributed by atoms with van der Waals surface area (Å²) in [5.41, 5.74) is 7.69. The van der Waals surface area contributed by atoms with Crippen molar-refractivity contribution in [3.05, 3.63) is 29.1 Å². The van der Waals surface area contributed by atoms with E-state index in [1.165, 1.54) is 0 Å². The maximum absolute atomic E-state index is 13.8. The Labute approximate surface area is 102 Å². The van der Waals surface area contributed by atoms with Crippen LogP contribution in [0.5, 0.6) is 5.75 Å². The summed E-state index contributed by atoms with van der Waals surface area (Å²) >= 11 is 0. The van der Waals surface area contributed by atoms with Crippen LogP contribution in [-0.4, -0.2) is 12.6 Å². The van der Waals surface area contributed by atoms with Gasteiger partial charge in [0.1, 0.15) is 11.6 Å².